The molecule has 0 aliphatic heterocycles. The number of aryl methyl sites for hydroxylation is 1. The van der Waals surface area contributed by atoms with Crippen molar-refractivity contribution in [2.24, 2.45) is 11.7 Å². The van der Waals surface area contributed by atoms with Gasteiger partial charge in [0, 0.05) is 23.5 Å². The molecule has 2 rings (SSSR count). The Morgan fingerprint density at radius 3 is 2.63 bits per heavy atom. The summed E-state index contributed by atoms with van der Waals surface area (Å²) in [4.78, 5) is 11.1. The van der Waals surface area contributed by atoms with E-state index in [2.05, 4.69) is 11.4 Å². The number of nitrogens with two attached hydrogens (primary N) is 1. The van der Waals surface area contributed by atoms with E-state index in [1.165, 1.54) is 5.56 Å². The number of nitrogens with one attached hydrogen (secondary N) is 1. The minimum Gasteiger partial charge on any atom is -0.369 e. The summed E-state index contributed by atoms with van der Waals surface area (Å²) in [6, 6.07) is 6.64. The van der Waals surface area contributed by atoms with Crippen LogP contribution < -0.4 is 11.1 Å². The van der Waals surface area contributed by atoms with E-state index in [-0.39, 0.29) is 11.8 Å². The van der Waals surface area contributed by atoms with E-state index in [4.69, 9.17) is 17.3 Å². The van der Waals surface area contributed by atoms with Gasteiger partial charge < -0.3 is 11.1 Å². The maximum absolute atomic E-state index is 11.1. The zero-order valence-electron chi connectivity index (χ0n) is 11.3. The number of carbonyl (C=O) groups is 1. The average molecular weight is 281 g/mol. The van der Waals surface area contributed by atoms with E-state index >= 15 is 0 Å². The van der Waals surface area contributed by atoms with Gasteiger partial charge in [0.05, 0.1) is 0 Å². The van der Waals surface area contributed by atoms with Gasteiger partial charge in [-0.25, -0.2) is 0 Å². The first kappa shape index (κ1) is 14.4. The van der Waals surface area contributed by atoms with Crippen molar-refractivity contribution in [2.45, 2.75) is 45.2 Å². The Kier molecular flexibility index (Phi) is 4.83. The van der Waals surface area contributed by atoms with Crippen LogP contribution in [0.3, 0.4) is 0 Å². The van der Waals surface area contributed by atoms with Gasteiger partial charge in [0.25, 0.3) is 0 Å². The van der Waals surface area contributed by atoms with Gasteiger partial charge in [-0.2, -0.15) is 0 Å². The fourth-order valence-corrected chi connectivity index (χ4v) is 2.79. The number of benzene rings is 1. The molecule has 1 aliphatic carbocycles. The number of hydrogen-bond donors (Lipinski definition) is 2. The van der Waals surface area contributed by atoms with Gasteiger partial charge in [-0.3, -0.25) is 4.79 Å². The predicted octanol–water partition coefficient (Wildman–Crippen LogP) is 2.78. The lowest BCUT2D eigenvalue weighted by Gasteiger charge is -2.27. The normalized spacial score (nSPS) is 23.3. The summed E-state index contributed by atoms with van der Waals surface area (Å²) in [6.45, 7) is 2.83. The van der Waals surface area contributed by atoms with Crippen LogP contribution in [0.2, 0.25) is 5.02 Å². The van der Waals surface area contributed by atoms with Gasteiger partial charge in [0.2, 0.25) is 5.91 Å². The molecule has 0 saturated heterocycles. The lowest BCUT2D eigenvalue weighted by atomic mass is 9.85. The van der Waals surface area contributed by atoms with Crippen LogP contribution in [0.5, 0.6) is 0 Å². The van der Waals surface area contributed by atoms with Crippen LogP contribution in [0.4, 0.5) is 0 Å². The van der Waals surface area contributed by atoms with Gasteiger partial charge in [-0.05, 0) is 49.8 Å². The summed E-state index contributed by atoms with van der Waals surface area (Å²) < 4.78 is 0. The highest BCUT2D eigenvalue weighted by atomic mass is 35.5. The molecule has 104 valence electrons. The maximum atomic E-state index is 11.1. The Labute approximate surface area is 119 Å². The molecule has 0 radical (unpaired) electrons. The quantitative estimate of drug-likeness (QED) is 0.891. The van der Waals surface area contributed by atoms with Crippen molar-refractivity contribution in [3.05, 3.63) is 34.3 Å². The predicted molar refractivity (Wildman–Crippen MR) is 78.0 cm³/mol. The molecule has 0 unspecified atom stereocenters. The van der Waals surface area contributed by atoms with Crippen molar-refractivity contribution in [1.82, 2.24) is 5.32 Å². The Morgan fingerprint density at radius 1 is 1.37 bits per heavy atom. The molecule has 0 aromatic heterocycles. The first-order chi connectivity index (χ1) is 9.06. The van der Waals surface area contributed by atoms with Gasteiger partial charge in [0.15, 0.2) is 0 Å². The Bertz CT molecular complexity index is 453. The van der Waals surface area contributed by atoms with Gasteiger partial charge in [0.1, 0.15) is 0 Å². The summed E-state index contributed by atoms with van der Waals surface area (Å²) in [5.41, 5.74) is 7.64. The molecule has 1 aliphatic rings. The second-order valence-electron chi connectivity index (χ2n) is 5.42. The van der Waals surface area contributed by atoms with E-state index in [1.54, 1.807) is 0 Å². The molecule has 4 heteroatoms. The third-order valence-electron chi connectivity index (χ3n) is 3.96. The zero-order chi connectivity index (χ0) is 13.8. The summed E-state index contributed by atoms with van der Waals surface area (Å²) in [7, 11) is 0. The number of hydrogen-bond acceptors (Lipinski definition) is 2. The zero-order valence-corrected chi connectivity index (χ0v) is 12.0. The van der Waals surface area contributed by atoms with Crippen molar-refractivity contribution in [1.29, 1.82) is 0 Å². The molecular formula is C15H21ClN2O. The molecule has 1 aromatic carbocycles. The number of carbonyl (C=O) groups excluding carboxylic acids is 1. The minimum absolute atomic E-state index is 0.0758. The van der Waals surface area contributed by atoms with Crippen molar-refractivity contribution >= 4 is 17.5 Å². The largest absolute Gasteiger partial charge is 0.369 e. The minimum atomic E-state index is -0.149. The first-order valence-electron chi connectivity index (χ1n) is 6.84. The van der Waals surface area contributed by atoms with Crippen LogP contribution in [-0.4, -0.2) is 11.9 Å². The van der Waals surface area contributed by atoms with E-state index in [0.717, 1.165) is 42.8 Å². The highest BCUT2D eigenvalue weighted by Gasteiger charge is 2.24. The maximum Gasteiger partial charge on any atom is 0.220 e. The first-order valence-corrected chi connectivity index (χ1v) is 7.22. The number of halogens is 1. The van der Waals surface area contributed by atoms with Crippen molar-refractivity contribution in [2.75, 3.05) is 0 Å². The second kappa shape index (κ2) is 6.40. The fourth-order valence-electron chi connectivity index (χ4n) is 2.59. The standard InChI is InChI=1S/C15H21ClN2O/c1-10-2-3-11(8-14(10)16)9-18-13-6-4-12(5-7-13)15(17)19/h2-3,8,12-13,18H,4-7,9H2,1H3,(H2,17,19). The molecule has 0 bridgehead atoms. The van der Waals surface area contributed by atoms with Crippen LogP contribution in [0.1, 0.15) is 36.8 Å². The highest BCUT2D eigenvalue weighted by Crippen LogP contribution is 2.24. The third-order valence-corrected chi connectivity index (χ3v) is 4.37. The Hall–Kier alpha value is -1.06. The Morgan fingerprint density at radius 2 is 2.05 bits per heavy atom. The van der Waals surface area contributed by atoms with Crippen molar-refractivity contribution in [3.8, 4) is 0 Å². The smallest absolute Gasteiger partial charge is 0.220 e. The lowest BCUT2D eigenvalue weighted by Crippen LogP contribution is -2.36. The number of rotatable bonds is 4. The van der Waals surface area contributed by atoms with E-state index in [0.29, 0.717) is 6.04 Å². The molecule has 1 amide bonds. The van der Waals surface area contributed by atoms with Crippen LogP contribution in [0, 0.1) is 12.8 Å². The molecule has 3 N–H and O–H groups in total. The van der Waals surface area contributed by atoms with Gasteiger partial charge in [-0.1, -0.05) is 23.7 Å². The highest BCUT2D eigenvalue weighted by molar-refractivity contribution is 6.31. The molecule has 1 fully saturated rings. The summed E-state index contributed by atoms with van der Waals surface area (Å²) >= 11 is 6.11. The lowest BCUT2D eigenvalue weighted by molar-refractivity contribution is -0.122. The Balaban J connectivity index is 1.80. The second-order valence-corrected chi connectivity index (χ2v) is 5.82. The molecule has 0 heterocycles. The molecular weight excluding hydrogens is 260 g/mol. The average Bonchev–Trinajstić information content (AvgIpc) is 2.40. The van der Waals surface area contributed by atoms with Gasteiger partial charge >= 0.3 is 0 Å². The topological polar surface area (TPSA) is 55.1 Å². The number of primary amides is 1. The molecule has 1 saturated carbocycles. The SMILES string of the molecule is Cc1ccc(CNC2CCC(C(N)=O)CC2)cc1Cl. The molecule has 0 spiro atoms. The molecule has 1 aromatic rings. The van der Waals surface area contributed by atoms with Crippen LogP contribution >= 0.6 is 11.6 Å². The van der Waals surface area contributed by atoms with Crippen LogP contribution in [0.25, 0.3) is 0 Å². The van der Waals surface area contributed by atoms with Crippen molar-refractivity contribution in [3.63, 3.8) is 0 Å². The molecule has 0 atom stereocenters. The van der Waals surface area contributed by atoms with Crippen LogP contribution in [0.15, 0.2) is 18.2 Å². The monoisotopic (exact) mass is 280 g/mol. The fraction of sp³-hybridized carbons (Fsp3) is 0.533. The summed E-state index contributed by atoms with van der Waals surface area (Å²) in [5.74, 6) is -0.0735. The summed E-state index contributed by atoms with van der Waals surface area (Å²) in [5, 5.41) is 4.35. The van der Waals surface area contributed by atoms with Crippen LogP contribution in [-0.2, 0) is 11.3 Å². The van der Waals surface area contributed by atoms with Gasteiger partial charge in [-0.15, -0.1) is 0 Å². The van der Waals surface area contributed by atoms with E-state index < -0.39 is 0 Å². The molecule has 19 heavy (non-hydrogen) atoms. The summed E-state index contributed by atoms with van der Waals surface area (Å²) in [6.07, 6.45) is 3.85. The molecule has 3 nitrogen and oxygen atoms in total. The third kappa shape index (κ3) is 3.95. The van der Waals surface area contributed by atoms with E-state index in [1.807, 2.05) is 19.1 Å². The van der Waals surface area contributed by atoms with E-state index in [9.17, 15) is 4.79 Å². The number of amides is 1. The van der Waals surface area contributed by atoms with Crippen molar-refractivity contribution < 1.29 is 4.79 Å².